The van der Waals surface area contributed by atoms with E-state index in [1.807, 2.05) is 48.8 Å². The summed E-state index contributed by atoms with van der Waals surface area (Å²) in [5.41, 5.74) is 2.29. The van der Waals surface area contributed by atoms with E-state index in [9.17, 15) is 9.50 Å². The number of aliphatic hydroxyl groups excluding tert-OH is 1. The predicted octanol–water partition coefficient (Wildman–Crippen LogP) is 4.75. The van der Waals surface area contributed by atoms with Crippen LogP contribution in [0.25, 0.3) is 11.4 Å². The summed E-state index contributed by atoms with van der Waals surface area (Å²) in [6.07, 6.45) is 6.10. The number of aromatic nitrogens is 2. The molecule has 1 aromatic heterocycles. The van der Waals surface area contributed by atoms with E-state index in [0.29, 0.717) is 29.4 Å². The molecular weight excluding hydrogens is 401 g/mol. The van der Waals surface area contributed by atoms with Crippen molar-refractivity contribution in [1.82, 2.24) is 14.9 Å². The molecular formula is C24H25ClFN3O. The molecule has 6 heteroatoms. The molecule has 1 N–H and O–H groups in total. The maximum Gasteiger partial charge on any atom is 0.159 e. The molecule has 0 unspecified atom stereocenters. The maximum absolute atomic E-state index is 14.2. The molecule has 0 amide bonds. The molecule has 156 valence electrons. The Morgan fingerprint density at radius 1 is 1.07 bits per heavy atom. The van der Waals surface area contributed by atoms with E-state index in [1.165, 1.54) is 6.07 Å². The van der Waals surface area contributed by atoms with Crippen molar-refractivity contribution in [2.45, 2.75) is 25.8 Å². The Morgan fingerprint density at radius 2 is 1.80 bits per heavy atom. The second-order valence-electron chi connectivity index (χ2n) is 8.16. The first kappa shape index (κ1) is 20.9. The summed E-state index contributed by atoms with van der Waals surface area (Å²) in [5.74, 6) is 0.465. The van der Waals surface area contributed by atoms with E-state index in [0.717, 1.165) is 37.1 Å². The van der Waals surface area contributed by atoms with E-state index in [-0.39, 0.29) is 17.8 Å². The fourth-order valence-corrected chi connectivity index (χ4v) is 4.39. The van der Waals surface area contributed by atoms with Crippen LogP contribution in [0.5, 0.6) is 0 Å². The topological polar surface area (TPSA) is 49.2 Å². The van der Waals surface area contributed by atoms with Crippen LogP contribution in [-0.2, 0) is 13.0 Å². The van der Waals surface area contributed by atoms with Gasteiger partial charge in [-0.15, -0.1) is 0 Å². The largest absolute Gasteiger partial charge is 0.396 e. The van der Waals surface area contributed by atoms with Gasteiger partial charge in [0.15, 0.2) is 5.82 Å². The van der Waals surface area contributed by atoms with Gasteiger partial charge < -0.3 is 5.11 Å². The molecule has 1 atom stereocenters. The summed E-state index contributed by atoms with van der Waals surface area (Å²) in [5, 5.41) is 10.9. The van der Waals surface area contributed by atoms with Crippen molar-refractivity contribution in [2.75, 3.05) is 19.7 Å². The third kappa shape index (κ3) is 4.86. The molecule has 1 saturated heterocycles. The number of benzene rings is 2. The molecule has 1 fully saturated rings. The van der Waals surface area contributed by atoms with Crippen LogP contribution in [0, 0.1) is 11.2 Å². The first-order valence-corrected chi connectivity index (χ1v) is 10.6. The third-order valence-electron chi connectivity index (χ3n) is 5.81. The summed E-state index contributed by atoms with van der Waals surface area (Å²) < 4.78 is 14.2. The zero-order valence-electron chi connectivity index (χ0n) is 16.8. The normalized spacial score (nSPS) is 19.7. The maximum atomic E-state index is 14.2. The minimum absolute atomic E-state index is 0.0455. The van der Waals surface area contributed by atoms with Crippen LogP contribution >= 0.6 is 11.6 Å². The molecule has 0 saturated carbocycles. The minimum Gasteiger partial charge on any atom is -0.396 e. The standard InChI is InChI=1S/C24H25ClFN3O/c25-21-8-6-19(7-9-21)23-27-13-18(14-28-23)15-29-11-3-10-24(16-29,17-30)12-20-4-1-2-5-22(20)26/h1-2,4-9,13-14,30H,3,10-12,15-17H2/t24-/m0/s1. The number of halogens is 2. The second-order valence-corrected chi connectivity index (χ2v) is 8.60. The van der Waals surface area contributed by atoms with Crippen molar-refractivity contribution in [3.8, 4) is 11.4 Å². The van der Waals surface area contributed by atoms with Gasteiger partial charge in [-0.3, -0.25) is 4.90 Å². The van der Waals surface area contributed by atoms with Crippen LogP contribution in [-0.4, -0.2) is 39.7 Å². The Morgan fingerprint density at radius 3 is 2.50 bits per heavy atom. The number of hydrogen-bond acceptors (Lipinski definition) is 4. The highest BCUT2D eigenvalue weighted by molar-refractivity contribution is 6.30. The van der Waals surface area contributed by atoms with E-state index in [4.69, 9.17) is 11.6 Å². The zero-order chi connectivity index (χ0) is 21.0. The summed E-state index contributed by atoms with van der Waals surface area (Å²) in [6, 6.07) is 14.3. The molecule has 4 nitrogen and oxygen atoms in total. The van der Waals surface area contributed by atoms with E-state index in [1.54, 1.807) is 6.07 Å². The lowest BCUT2D eigenvalue weighted by atomic mass is 9.75. The highest BCUT2D eigenvalue weighted by Crippen LogP contribution is 2.34. The lowest BCUT2D eigenvalue weighted by Crippen LogP contribution is -2.46. The van der Waals surface area contributed by atoms with Gasteiger partial charge in [0.25, 0.3) is 0 Å². The zero-order valence-corrected chi connectivity index (χ0v) is 17.5. The predicted molar refractivity (Wildman–Crippen MR) is 117 cm³/mol. The van der Waals surface area contributed by atoms with Gasteiger partial charge in [0, 0.05) is 47.0 Å². The first-order valence-electron chi connectivity index (χ1n) is 10.2. The first-order chi connectivity index (χ1) is 14.6. The molecule has 3 aromatic rings. The molecule has 0 spiro atoms. The summed E-state index contributed by atoms with van der Waals surface area (Å²) in [6.45, 7) is 2.42. The smallest absolute Gasteiger partial charge is 0.159 e. The van der Waals surface area contributed by atoms with E-state index < -0.39 is 0 Å². The van der Waals surface area contributed by atoms with Crippen molar-refractivity contribution < 1.29 is 9.50 Å². The van der Waals surface area contributed by atoms with Gasteiger partial charge in [-0.05, 0) is 61.7 Å². The lowest BCUT2D eigenvalue weighted by Gasteiger charge is -2.42. The van der Waals surface area contributed by atoms with Gasteiger partial charge >= 0.3 is 0 Å². The summed E-state index contributed by atoms with van der Waals surface area (Å²) in [4.78, 5) is 11.3. The van der Waals surface area contributed by atoms with Crippen LogP contribution in [0.1, 0.15) is 24.0 Å². The monoisotopic (exact) mass is 425 g/mol. The highest BCUT2D eigenvalue weighted by atomic mass is 35.5. The molecule has 30 heavy (non-hydrogen) atoms. The molecule has 0 radical (unpaired) electrons. The number of aliphatic hydroxyl groups is 1. The molecule has 0 aliphatic carbocycles. The lowest BCUT2D eigenvalue weighted by molar-refractivity contribution is 0.0282. The molecule has 0 bridgehead atoms. The molecule has 1 aliphatic rings. The highest BCUT2D eigenvalue weighted by Gasteiger charge is 2.35. The van der Waals surface area contributed by atoms with Crippen LogP contribution in [0.4, 0.5) is 4.39 Å². The SMILES string of the molecule is OC[C@]1(Cc2ccccc2F)CCCN(Cc2cnc(-c3ccc(Cl)cc3)nc2)C1. The number of piperidine rings is 1. The summed E-state index contributed by atoms with van der Waals surface area (Å²) in [7, 11) is 0. The fraction of sp³-hybridized carbons (Fsp3) is 0.333. The van der Waals surface area contributed by atoms with Crippen LogP contribution < -0.4 is 0 Å². The molecule has 2 aromatic carbocycles. The average Bonchev–Trinajstić information content (AvgIpc) is 2.77. The quantitative estimate of drug-likeness (QED) is 0.619. The average molecular weight is 426 g/mol. The van der Waals surface area contributed by atoms with Crippen molar-refractivity contribution in [3.05, 3.63) is 82.9 Å². The van der Waals surface area contributed by atoms with Gasteiger partial charge in [-0.2, -0.15) is 0 Å². The van der Waals surface area contributed by atoms with Gasteiger partial charge in [0.2, 0.25) is 0 Å². The van der Waals surface area contributed by atoms with E-state index >= 15 is 0 Å². The van der Waals surface area contributed by atoms with Crippen molar-refractivity contribution in [3.63, 3.8) is 0 Å². The number of nitrogens with zero attached hydrogens (tertiary/aromatic N) is 3. The number of rotatable bonds is 6. The van der Waals surface area contributed by atoms with Crippen LogP contribution in [0.3, 0.4) is 0 Å². The van der Waals surface area contributed by atoms with Gasteiger partial charge in [0.05, 0.1) is 6.61 Å². The number of likely N-dealkylation sites (tertiary alicyclic amines) is 1. The second kappa shape index (κ2) is 9.21. The van der Waals surface area contributed by atoms with Gasteiger partial charge in [-0.1, -0.05) is 29.8 Å². The van der Waals surface area contributed by atoms with Crippen molar-refractivity contribution in [2.24, 2.45) is 5.41 Å². The Bertz CT molecular complexity index is 981. The Balaban J connectivity index is 1.44. The Kier molecular flexibility index (Phi) is 6.42. The fourth-order valence-electron chi connectivity index (χ4n) is 4.26. The minimum atomic E-state index is -0.329. The third-order valence-corrected chi connectivity index (χ3v) is 6.07. The molecule has 1 aliphatic heterocycles. The molecule has 2 heterocycles. The number of hydrogen-bond donors (Lipinski definition) is 1. The van der Waals surface area contributed by atoms with Crippen LogP contribution in [0.2, 0.25) is 5.02 Å². The Labute approximate surface area is 181 Å². The van der Waals surface area contributed by atoms with Crippen LogP contribution in [0.15, 0.2) is 60.9 Å². The van der Waals surface area contributed by atoms with E-state index in [2.05, 4.69) is 14.9 Å². The molecule has 4 rings (SSSR count). The van der Waals surface area contributed by atoms with Crippen molar-refractivity contribution in [1.29, 1.82) is 0 Å². The Hall–Kier alpha value is -2.34. The van der Waals surface area contributed by atoms with Gasteiger partial charge in [0.1, 0.15) is 5.82 Å². The van der Waals surface area contributed by atoms with Crippen molar-refractivity contribution >= 4 is 11.6 Å². The summed E-state index contributed by atoms with van der Waals surface area (Å²) >= 11 is 5.94. The van der Waals surface area contributed by atoms with Gasteiger partial charge in [-0.25, -0.2) is 14.4 Å².